The van der Waals surface area contributed by atoms with E-state index >= 15 is 0 Å². The smallest absolute Gasteiger partial charge is 0.155 e. The van der Waals surface area contributed by atoms with Crippen LogP contribution in [-0.4, -0.2) is 28.8 Å². The number of likely N-dealkylation sites (tertiary alicyclic amines) is 1. The first kappa shape index (κ1) is 14.7. The van der Waals surface area contributed by atoms with E-state index in [2.05, 4.69) is 46.4 Å². The molecule has 0 aromatic heterocycles. The lowest BCUT2D eigenvalue weighted by molar-refractivity contribution is -0.133. The highest BCUT2D eigenvalue weighted by molar-refractivity contribution is 5.89. The summed E-state index contributed by atoms with van der Waals surface area (Å²) in [6, 6.07) is 0.153. The normalized spacial score (nSPS) is 23.1. The van der Waals surface area contributed by atoms with E-state index in [1.54, 1.807) is 0 Å². The van der Waals surface area contributed by atoms with E-state index in [1.165, 1.54) is 6.42 Å². The second-order valence-corrected chi connectivity index (χ2v) is 6.62. The van der Waals surface area contributed by atoms with Crippen molar-refractivity contribution in [1.29, 1.82) is 0 Å². The predicted molar refractivity (Wildman–Crippen MR) is 73.2 cm³/mol. The molecule has 0 radical (unpaired) electrons. The van der Waals surface area contributed by atoms with Crippen molar-refractivity contribution in [2.24, 2.45) is 5.41 Å². The molecule has 1 atom stereocenters. The molecule has 17 heavy (non-hydrogen) atoms. The molecule has 2 heteroatoms. The summed E-state index contributed by atoms with van der Waals surface area (Å²) in [6.07, 6.45) is 4.25. The molecule has 100 valence electrons. The Morgan fingerprint density at radius 3 is 2.24 bits per heavy atom. The van der Waals surface area contributed by atoms with E-state index in [9.17, 15) is 4.79 Å². The largest absolute Gasteiger partial charge is 0.297 e. The van der Waals surface area contributed by atoms with Gasteiger partial charge < -0.3 is 0 Å². The molecule has 0 aliphatic carbocycles. The van der Waals surface area contributed by atoms with Gasteiger partial charge in [0.1, 0.15) is 0 Å². The molecule has 0 bridgehead atoms. The summed E-state index contributed by atoms with van der Waals surface area (Å²) in [6.45, 7) is 14.1. The third-order valence-corrected chi connectivity index (χ3v) is 4.75. The van der Waals surface area contributed by atoms with E-state index in [4.69, 9.17) is 0 Å². The van der Waals surface area contributed by atoms with Crippen LogP contribution in [0.25, 0.3) is 0 Å². The highest BCUT2D eigenvalue weighted by atomic mass is 16.1. The van der Waals surface area contributed by atoms with Crippen LogP contribution in [0.2, 0.25) is 0 Å². The van der Waals surface area contributed by atoms with E-state index in [0.717, 1.165) is 25.8 Å². The first-order chi connectivity index (χ1) is 7.76. The summed E-state index contributed by atoms with van der Waals surface area (Å²) in [5, 5.41) is 0. The number of Topliss-reactive ketones (excluding diaryl/α,β-unsaturated/α-hetero) is 1. The van der Waals surface area contributed by atoms with E-state index in [1.807, 2.05) is 0 Å². The molecule has 1 heterocycles. The average molecular weight is 239 g/mol. The van der Waals surface area contributed by atoms with Crippen molar-refractivity contribution in [3.63, 3.8) is 0 Å². The Morgan fingerprint density at radius 2 is 1.76 bits per heavy atom. The van der Waals surface area contributed by atoms with Gasteiger partial charge in [0.05, 0.1) is 6.04 Å². The molecule has 1 rings (SSSR count). The quantitative estimate of drug-likeness (QED) is 0.730. The van der Waals surface area contributed by atoms with Crippen molar-refractivity contribution < 1.29 is 4.79 Å². The van der Waals surface area contributed by atoms with Crippen molar-refractivity contribution in [3.8, 4) is 0 Å². The minimum Gasteiger partial charge on any atom is -0.297 e. The second-order valence-electron chi connectivity index (χ2n) is 6.62. The van der Waals surface area contributed by atoms with Gasteiger partial charge in [-0.15, -0.1) is 0 Å². The molecule has 0 aromatic carbocycles. The molecule has 2 nitrogen and oxygen atoms in total. The van der Waals surface area contributed by atoms with Gasteiger partial charge in [0, 0.05) is 11.0 Å². The Morgan fingerprint density at radius 1 is 1.18 bits per heavy atom. The van der Waals surface area contributed by atoms with Crippen molar-refractivity contribution in [1.82, 2.24) is 4.90 Å². The third-order valence-electron chi connectivity index (χ3n) is 4.75. The lowest BCUT2D eigenvalue weighted by Crippen LogP contribution is -2.52. The van der Waals surface area contributed by atoms with Gasteiger partial charge >= 0.3 is 0 Å². The van der Waals surface area contributed by atoms with Gasteiger partial charge in [-0.25, -0.2) is 0 Å². The van der Waals surface area contributed by atoms with Gasteiger partial charge in [0.15, 0.2) is 5.78 Å². The Hall–Kier alpha value is -0.370. The Bertz CT molecular complexity index is 281. The van der Waals surface area contributed by atoms with E-state index in [0.29, 0.717) is 5.78 Å². The minimum atomic E-state index is -0.170. The fourth-order valence-corrected chi connectivity index (χ4v) is 2.59. The van der Waals surface area contributed by atoms with Crippen LogP contribution in [0.4, 0.5) is 0 Å². The van der Waals surface area contributed by atoms with Crippen LogP contribution in [0.1, 0.15) is 67.2 Å². The summed E-state index contributed by atoms with van der Waals surface area (Å²) in [5.74, 6) is 0.444. The molecule has 1 fully saturated rings. The molecule has 1 aliphatic heterocycles. The summed E-state index contributed by atoms with van der Waals surface area (Å²) < 4.78 is 0. The highest BCUT2D eigenvalue weighted by Crippen LogP contribution is 2.34. The van der Waals surface area contributed by atoms with Crippen molar-refractivity contribution >= 4 is 5.78 Å². The molecule has 0 N–H and O–H groups in total. The zero-order chi connectivity index (χ0) is 13.3. The minimum absolute atomic E-state index is 0.153. The van der Waals surface area contributed by atoms with Crippen LogP contribution < -0.4 is 0 Å². The maximum atomic E-state index is 12.6. The molecule has 0 amide bonds. The molecule has 1 aliphatic rings. The standard InChI is InChI=1S/C15H29NO/c1-7-14(3,4)13(17)12-10-9-11-16(12)15(5,6)8-2/h12H,7-11H2,1-6H3. The molecular weight excluding hydrogens is 210 g/mol. The molecule has 0 spiro atoms. The summed E-state index contributed by atoms with van der Waals surface area (Å²) >= 11 is 0. The average Bonchev–Trinajstić information content (AvgIpc) is 2.77. The highest BCUT2D eigenvalue weighted by Gasteiger charge is 2.42. The van der Waals surface area contributed by atoms with Gasteiger partial charge in [-0.3, -0.25) is 9.69 Å². The van der Waals surface area contributed by atoms with Gasteiger partial charge in [0.2, 0.25) is 0 Å². The zero-order valence-corrected chi connectivity index (χ0v) is 12.5. The van der Waals surface area contributed by atoms with Crippen LogP contribution in [0.5, 0.6) is 0 Å². The van der Waals surface area contributed by atoms with Crippen molar-refractivity contribution in [3.05, 3.63) is 0 Å². The van der Waals surface area contributed by atoms with E-state index in [-0.39, 0.29) is 17.0 Å². The second kappa shape index (κ2) is 5.09. The Balaban J connectivity index is 2.87. The maximum Gasteiger partial charge on any atom is 0.155 e. The number of hydrogen-bond donors (Lipinski definition) is 0. The summed E-state index contributed by atoms with van der Waals surface area (Å²) in [4.78, 5) is 15.1. The first-order valence-corrected chi connectivity index (χ1v) is 7.07. The van der Waals surface area contributed by atoms with Gasteiger partial charge in [-0.05, 0) is 46.1 Å². The molecule has 0 aromatic rings. The zero-order valence-electron chi connectivity index (χ0n) is 12.5. The van der Waals surface area contributed by atoms with Gasteiger partial charge in [-0.2, -0.15) is 0 Å². The molecule has 0 saturated carbocycles. The lowest BCUT2D eigenvalue weighted by Gasteiger charge is -2.40. The topological polar surface area (TPSA) is 20.3 Å². The van der Waals surface area contributed by atoms with Crippen molar-refractivity contribution in [2.75, 3.05) is 6.54 Å². The monoisotopic (exact) mass is 239 g/mol. The predicted octanol–water partition coefficient (Wildman–Crippen LogP) is 3.64. The fourth-order valence-electron chi connectivity index (χ4n) is 2.59. The van der Waals surface area contributed by atoms with Crippen LogP contribution >= 0.6 is 0 Å². The van der Waals surface area contributed by atoms with Crippen LogP contribution in [0, 0.1) is 5.41 Å². The number of hydrogen-bond acceptors (Lipinski definition) is 2. The maximum absolute atomic E-state index is 12.6. The fraction of sp³-hybridized carbons (Fsp3) is 0.933. The number of nitrogens with zero attached hydrogens (tertiary/aromatic N) is 1. The Labute approximate surface area is 107 Å². The number of carbonyl (C=O) groups is 1. The van der Waals surface area contributed by atoms with E-state index < -0.39 is 0 Å². The molecular formula is C15H29NO. The summed E-state index contributed by atoms with van der Waals surface area (Å²) in [5.41, 5.74) is -0.0161. The number of carbonyl (C=O) groups excluding carboxylic acids is 1. The SMILES string of the molecule is CCC(C)(C)C(=O)C1CCCN1C(C)(C)CC. The lowest BCUT2D eigenvalue weighted by atomic mass is 9.80. The first-order valence-electron chi connectivity index (χ1n) is 7.07. The number of rotatable bonds is 5. The number of ketones is 1. The van der Waals surface area contributed by atoms with Crippen LogP contribution in [0.15, 0.2) is 0 Å². The van der Waals surface area contributed by atoms with Crippen LogP contribution in [-0.2, 0) is 4.79 Å². The molecule has 1 saturated heterocycles. The van der Waals surface area contributed by atoms with Crippen molar-refractivity contribution in [2.45, 2.75) is 78.8 Å². The van der Waals surface area contributed by atoms with Crippen LogP contribution in [0.3, 0.4) is 0 Å². The third kappa shape index (κ3) is 2.90. The molecule has 1 unspecified atom stereocenters. The summed E-state index contributed by atoms with van der Waals surface area (Å²) in [7, 11) is 0. The van der Waals surface area contributed by atoms with Gasteiger partial charge in [-0.1, -0.05) is 27.7 Å². The Kier molecular flexibility index (Phi) is 4.40. The van der Waals surface area contributed by atoms with Gasteiger partial charge in [0.25, 0.3) is 0 Å².